The summed E-state index contributed by atoms with van der Waals surface area (Å²) in [7, 11) is 1.37. The third-order valence-electron chi connectivity index (χ3n) is 7.04. The number of anilines is 2. The number of methoxy groups -OCH3 is 1. The van der Waals surface area contributed by atoms with E-state index in [1.54, 1.807) is 0 Å². The number of esters is 1. The predicted octanol–water partition coefficient (Wildman–Crippen LogP) is 5.87. The molecule has 1 amide bonds. The molecule has 8 heteroatoms. The van der Waals surface area contributed by atoms with E-state index in [0.29, 0.717) is 27.0 Å². The van der Waals surface area contributed by atoms with E-state index in [2.05, 4.69) is 24.4 Å². The summed E-state index contributed by atoms with van der Waals surface area (Å²) < 4.78 is 5.13. The highest BCUT2D eigenvalue weighted by Gasteiger charge is 2.31. The van der Waals surface area contributed by atoms with Crippen LogP contribution in [0.3, 0.4) is 0 Å². The fraction of sp³-hybridized carbons (Fsp3) is 0.296. The number of benzene rings is 1. The van der Waals surface area contributed by atoms with Crippen molar-refractivity contribution in [2.45, 2.75) is 39.0 Å². The molecule has 6 rings (SSSR count). The third kappa shape index (κ3) is 3.63. The van der Waals surface area contributed by atoms with Crippen molar-refractivity contribution >= 4 is 55.5 Å². The van der Waals surface area contributed by atoms with Crippen LogP contribution in [0.2, 0.25) is 0 Å². The molecule has 2 aliphatic carbocycles. The number of ether oxygens (including phenoxy) is 1. The Bertz CT molecular complexity index is 1520. The highest BCUT2D eigenvalue weighted by Crippen LogP contribution is 2.46. The highest BCUT2D eigenvalue weighted by atomic mass is 32.1. The molecule has 0 radical (unpaired) electrons. The molecule has 0 aliphatic heterocycles. The average Bonchev–Trinajstić information content (AvgIpc) is 3.39. The van der Waals surface area contributed by atoms with Gasteiger partial charge in [-0.2, -0.15) is 0 Å². The van der Waals surface area contributed by atoms with Gasteiger partial charge >= 0.3 is 5.97 Å². The van der Waals surface area contributed by atoms with Crippen LogP contribution in [0.5, 0.6) is 0 Å². The Morgan fingerprint density at radius 1 is 1.14 bits per heavy atom. The molecule has 35 heavy (non-hydrogen) atoms. The average molecular weight is 504 g/mol. The second kappa shape index (κ2) is 8.46. The molecule has 6 nitrogen and oxygen atoms in total. The number of hydrogen-bond acceptors (Lipinski definition) is 7. The second-order valence-electron chi connectivity index (χ2n) is 9.35. The van der Waals surface area contributed by atoms with Crippen LogP contribution in [0.4, 0.5) is 10.7 Å². The number of aromatic nitrogens is 1. The number of thiophene rings is 2. The Morgan fingerprint density at radius 3 is 2.80 bits per heavy atom. The molecule has 0 fully saturated rings. The first kappa shape index (κ1) is 22.2. The number of nitrogens with zero attached hydrogens (tertiary/aromatic N) is 1. The lowest BCUT2D eigenvalue weighted by atomic mass is 9.87. The van der Waals surface area contributed by atoms with E-state index < -0.39 is 5.97 Å². The smallest absolute Gasteiger partial charge is 0.341 e. The molecule has 178 valence electrons. The summed E-state index contributed by atoms with van der Waals surface area (Å²) >= 11 is 2.75. The van der Waals surface area contributed by atoms with E-state index in [0.717, 1.165) is 64.0 Å². The number of fused-ring (bicyclic) bond motifs is 5. The number of hydrogen-bond donors (Lipinski definition) is 2. The molecule has 0 saturated carbocycles. The first-order chi connectivity index (χ1) is 16.9. The van der Waals surface area contributed by atoms with Crippen molar-refractivity contribution < 1.29 is 14.3 Å². The first-order valence-electron chi connectivity index (χ1n) is 11.8. The minimum absolute atomic E-state index is 0.325. The van der Waals surface area contributed by atoms with Crippen LogP contribution in [-0.2, 0) is 30.4 Å². The number of pyridine rings is 1. The summed E-state index contributed by atoms with van der Waals surface area (Å²) in [5, 5.41) is 4.33. The maximum Gasteiger partial charge on any atom is 0.341 e. The van der Waals surface area contributed by atoms with E-state index in [-0.39, 0.29) is 5.91 Å². The van der Waals surface area contributed by atoms with Crippen LogP contribution in [0.1, 0.15) is 55.1 Å². The summed E-state index contributed by atoms with van der Waals surface area (Å²) in [5.41, 5.74) is 12.8. The van der Waals surface area contributed by atoms with Crippen molar-refractivity contribution in [1.29, 1.82) is 0 Å². The summed E-state index contributed by atoms with van der Waals surface area (Å²) in [4.78, 5) is 33.5. The molecule has 1 unspecified atom stereocenters. The number of rotatable bonds is 3. The van der Waals surface area contributed by atoms with Gasteiger partial charge in [-0.05, 0) is 60.8 Å². The number of carbonyl (C=O) groups excluding carboxylic acids is 2. The van der Waals surface area contributed by atoms with Crippen molar-refractivity contribution in [2.75, 3.05) is 18.2 Å². The SMILES string of the molecule is COC(=O)c1c(NC(=O)c2sc3nc4c(cc3c2N)CC(C)CC4)sc2c1-c1ccccc1CC2. The molecular formula is C27H25N3O3S2. The van der Waals surface area contributed by atoms with Gasteiger partial charge in [-0.3, -0.25) is 4.79 Å². The molecule has 4 aromatic rings. The van der Waals surface area contributed by atoms with Gasteiger partial charge in [-0.15, -0.1) is 22.7 Å². The van der Waals surface area contributed by atoms with Crippen molar-refractivity contribution in [1.82, 2.24) is 4.98 Å². The van der Waals surface area contributed by atoms with Crippen LogP contribution < -0.4 is 11.1 Å². The van der Waals surface area contributed by atoms with Crippen LogP contribution in [0.25, 0.3) is 21.3 Å². The number of nitrogens with two attached hydrogens (primary N) is 1. The molecule has 1 atom stereocenters. The molecule has 3 N–H and O–H groups in total. The summed E-state index contributed by atoms with van der Waals surface area (Å²) in [5.74, 6) is -0.160. The molecular weight excluding hydrogens is 478 g/mol. The summed E-state index contributed by atoms with van der Waals surface area (Å²) in [6, 6.07) is 10.2. The second-order valence-corrected chi connectivity index (χ2v) is 11.5. The number of carbonyl (C=O) groups is 2. The fourth-order valence-electron chi connectivity index (χ4n) is 5.26. The van der Waals surface area contributed by atoms with Crippen molar-refractivity contribution in [3.05, 3.63) is 62.5 Å². The predicted molar refractivity (Wildman–Crippen MR) is 142 cm³/mol. The van der Waals surface area contributed by atoms with Gasteiger partial charge in [0.15, 0.2) is 0 Å². The first-order valence-corrected chi connectivity index (χ1v) is 13.4. The van der Waals surface area contributed by atoms with Gasteiger partial charge in [0.2, 0.25) is 0 Å². The van der Waals surface area contributed by atoms with Crippen LogP contribution >= 0.6 is 22.7 Å². The van der Waals surface area contributed by atoms with Crippen molar-refractivity contribution in [3.63, 3.8) is 0 Å². The highest BCUT2D eigenvalue weighted by molar-refractivity contribution is 7.21. The zero-order valence-electron chi connectivity index (χ0n) is 19.6. The lowest BCUT2D eigenvalue weighted by molar-refractivity contribution is 0.0603. The van der Waals surface area contributed by atoms with E-state index in [4.69, 9.17) is 15.5 Å². The molecule has 3 aromatic heterocycles. The quantitative estimate of drug-likeness (QED) is 0.341. The molecule has 0 bridgehead atoms. The van der Waals surface area contributed by atoms with Gasteiger partial charge in [0.25, 0.3) is 5.91 Å². The minimum atomic E-state index is -0.456. The van der Waals surface area contributed by atoms with Crippen molar-refractivity contribution in [2.24, 2.45) is 5.92 Å². The van der Waals surface area contributed by atoms with E-state index in [1.807, 2.05) is 18.2 Å². The maximum absolute atomic E-state index is 13.4. The topological polar surface area (TPSA) is 94.3 Å². The zero-order chi connectivity index (χ0) is 24.3. The van der Waals surface area contributed by atoms with E-state index in [9.17, 15) is 9.59 Å². The Balaban J connectivity index is 1.40. The van der Waals surface area contributed by atoms with Gasteiger partial charge in [0.05, 0.1) is 12.8 Å². The Hall–Kier alpha value is -3.23. The van der Waals surface area contributed by atoms with Crippen LogP contribution in [-0.4, -0.2) is 24.0 Å². The third-order valence-corrected chi connectivity index (χ3v) is 9.32. The molecule has 0 saturated heterocycles. The standard InChI is InChI=1S/C27H25N3O3S2/c1-13-7-9-18-15(11-13)12-17-22(28)23(35-25(17)29-18)24(31)30-26-21(27(32)33-2)20-16-6-4-3-5-14(16)8-10-19(20)34-26/h3-6,12-13H,7-11,28H2,1-2H3,(H,30,31). The Kier molecular flexibility index (Phi) is 5.38. The van der Waals surface area contributed by atoms with Gasteiger partial charge in [-0.1, -0.05) is 31.2 Å². The number of nitrogens with one attached hydrogen (secondary N) is 1. The van der Waals surface area contributed by atoms with E-state index in [1.165, 1.54) is 40.9 Å². The monoisotopic (exact) mass is 503 g/mol. The van der Waals surface area contributed by atoms with Crippen LogP contribution in [0, 0.1) is 5.92 Å². The number of aryl methyl sites for hydroxylation is 3. The minimum Gasteiger partial charge on any atom is -0.465 e. The zero-order valence-corrected chi connectivity index (χ0v) is 21.2. The van der Waals surface area contributed by atoms with Gasteiger partial charge in [0.1, 0.15) is 20.3 Å². The summed E-state index contributed by atoms with van der Waals surface area (Å²) in [6.45, 7) is 2.25. The summed E-state index contributed by atoms with van der Waals surface area (Å²) in [6.07, 6.45) is 4.78. The lowest BCUT2D eigenvalue weighted by Crippen LogP contribution is -2.14. The Labute approximate surface area is 211 Å². The van der Waals surface area contributed by atoms with Crippen LogP contribution in [0.15, 0.2) is 30.3 Å². The maximum atomic E-state index is 13.4. The molecule has 1 aromatic carbocycles. The fourth-order valence-corrected chi connectivity index (χ4v) is 7.44. The van der Waals surface area contributed by atoms with Gasteiger partial charge in [0, 0.05) is 21.5 Å². The number of nitrogen functional groups attached to an aromatic ring is 1. The van der Waals surface area contributed by atoms with E-state index >= 15 is 0 Å². The normalized spacial score (nSPS) is 16.3. The van der Waals surface area contributed by atoms with Gasteiger partial charge in [-0.25, -0.2) is 9.78 Å². The largest absolute Gasteiger partial charge is 0.465 e. The molecule has 3 heterocycles. The van der Waals surface area contributed by atoms with Crippen molar-refractivity contribution in [3.8, 4) is 11.1 Å². The molecule has 2 aliphatic rings. The van der Waals surface area contributed by atoms with Gasteiger partial charge < -0.3 is 15.8 Å². The lowest BCUT2D eigenvalue weighted by Gasteiger charge is -2.20. The molecule has 0 spiro atoms. The number of amides is 1. The Morgan fingerprint density at radius 2 is 1.97 bits per heavy atom.